The number of hydrogen-bond donors (Lipinski definition) is 1. The third-order valence-corrected chi connectivity index (χ3v) is 6.71. The molecule has 1 fully saturated rings. The fourth-order valence-corrected chi connectivity index (χ4v) is 4.73. The van der Waals surface area contributed by atoms with Crippen LogP contribution in [0, 0.1) is 6.92 Å². The first-order chi connectivity index (χ1) is 17.6. The molecule has 0 radical (unpaired) electrons. The van der Waals surface area contributed by atoms with Crippen molar-refractivity contribution in [1.82, 2.24) is 19.7 Å². The number of rotatable bonds is 3. The van der Waals surface area contributed by atoms with E-state index in [1.807, 2.05) is 27.7 Å². The topological polar surface area (TPSA) is 83.5 Å². The van der Waals surface area contributed by atoms with E-state index in [4.69, 9.17) is 16.3 Å². The molecule has 1 amide bonds. The van der Waals surface area contributed by atoms with Crippen LogP contribution in [-0.2, 0) is 4.74 Å². The summed E-state index contributed by atoms with van der Waals surface area (Å²) in [5.74, 6) is 0. The van der Waals surface area contributed by atoms with E-state index in [1.54, 1.807) is 35.4 Å². The minimum absolute atomic E-state index is 0.162. The minimum Gasteiger partial charge on any atom is -0.444 e. The van der Waals surface area contributed by atoms with Gasteiger partial charge >= 0.3 is 6.09 Å². The molecule has 1 aliphatic heterocycles. The van der Waals surface area contributed by atoms with Crippen LogP contribution in [0.25, 0.3) is 27.7 Å². The van der Waals surface area contributed by atoms with E-state index >= 15 is 0 Å². The standard InChI is InChI=1S/C28H30ClN5O3/c1-18-24(25-23(17-30-18)26(35)34(31-25)22-11-7-20(29)8-12-22)19-5-9-21(10-6-19)32-13-15-33(16-14-32)27(36)37-28(2,3)4/h5-12,17,31H,13-16H2,1-4H3. The summed E-state index contributed by atoms with van der Waals surface area (Å²) in [6.07, 6.45) is 1.36. The van der Waals surface area contributed by atoms with Crippen LogP contribution in [0.5, 0.6) is 0 Å². The van der Waals surface area contributed by atoms with E-state index in [2.05, 4.69) is 39.2 Å². The van der Waals surface area contributed by atoms with Crippen LogP contribution in [0.2, 0.25) is 5.02 Å². The third-order valence-electron chi connectivity index (χ3n) is 6.46. The summed E-state index contributed by atoms with van der Waals surface area (Å²) >= 11 is 6.02. The molecule has 1 aliphatic rings. The summed E-state index contributed by atoms with van der Waals surface area (Å²) in [5.41, 5.74) is 4.56. The van der Waals surface area contributed by atoms with Crippen molar-refractivity contribution in [3.05, 3.63) is 75.8 Å². The Morgan fingerprint density at radius 3 is 2.22 bits per heavy atom. The molecule has 5 rings (SSSR count). The molecule has 192 valence electrons. The highest BCUT2D eigenvalue weighted by Crippen LogP contribution is 2.31. The molecule has 0 spiro atoms. The number of aromatic amines is 1. The van der Waals surface area contributed by atoms with Gasteiger partial charge in [0.05, 0.1) is 16.6 Å². The Labute approximate surface area is 220 Å². The Bertz CT molecular complexity index is 1490. The Morgan fingerprint density at radius 1 is 0.973 bits per heavy atom. The molecule has 0 bridgehead atoms. The lowest BCUT2D eigenvalue weighted by atomic mass is 10.0. The van der Waals surface area contributed by atoms with Crippen molar-refractivity contribution in [2.75, 3.05) is 31.1 Å². The van der Waals surface area contributed by atoms with Crippen molar-refractivity contribution < 1.29 is 9.53 Å². The molecule has 3 heterocycles. The lowest BCUT2D eigenvalue weighted by Gasteiger charge is -2.36. The summed E-state index contributed by atoms with van der Waals surface area (Å²) in [5, 5.41) is 4.41. The van der Waals surface area contributed by atoms with Crippen LogP contribution < -0.4 is 10.5 Å². The molecule has 37 heavy (non-hydrogen) atoms. The van der Waals surface area contributed by atoms with Gasteiger partial charge in [-0.3, -0.25) is 14.9 Å². The first kappa shape index (κ1) is 24.9. The number of carbonyl (C=O) groups excluding carboxylic acids is 1. The highest BCUT2D eigenvalue weighted by atomic mass is 35.5. The monoisotopic (exact) mass is 519 g/mol. The zero-order valence-corrected chi connectivity index (χ0v) is 22.2. The van der Waals surface area contributed by atoms with E-state index in [0.717, 1.165) is 41.1 Å². The number of aromatic nitrogens is 3. The number of nitrogens with one attached hydrogen (secondary N) is 1. The number of aryl methyl sites for hydroxylation is 1. The normalized spacial score (nSPS) is 14.3. The summed E-state index contributed by atoms with van der Waals surface area (Å²) in [4.78, 5) is 34.0. The zero-order chi connectivity index (χ0) is 26.3. The van der Waals surface area contributed by atoms with Gasteiger partial charge in [0.2, 0.25) is 0 Å². The molecule has 2 aromatic heterocycles. The third kappa shape index (κ3) is 5.06. The molecule has 0 unspecified atom stereocenters. The van der Waals surface area contributed by atoms with E-state index in [-0.39, 0.29) is 11.7 Å². The van der Waals surface area contributed by atoms with Crippen molar-refractivity contribution in [3.8, 4) is 16.8 Å². The van der Waals surface area contributed by atoms with Crippen LogP contribution in [0.15, 0.2) is 59.5 Å². The van der Waals surface area contributed by atoms with E-state index < -0.39 is 5.60 Å². The second-order valence-corrected chi connectivity index (χ2v) is 10.7. The van der Waals surface area contributed by atoms with Crippen molar-refractivity contribution in [2.45, 2.75) is 33.3 Å². The number of carbonyl (C=O) groups is 1. The van der Waals surface area contributed by atoms with Crippen LogP contribution >= 0.6 is 11.6 Å². The quantitative estimate of drug-likeness (QED) is 0.392. The highest BCUT2D eigenvalue weighted by molar-refractivity contribution is 6.30. The number of hydrogen-bond acceptors (Lipinski definition) is 5. The average molecular weight is 520 g/mol. The summed E-state index contributed by atoms with van der Waals surface area (Å²) in [7, 11) is 0. The van der Waals surface area contributed by atoms with Crippen LogP contribution in [0.4, 0.5) is 10.5 Å². The highest BCUT2D eigenvalue weighted by Gasteiger charge is 2.26. The summed E-state index contributed by atoms with van der Waals surface area (Å²) in [6, 6.07) is 15.4. The number of ether oxygens (including phenoxy) is 1. The molecule has 0 aliphatic carbocycles. The number of halogens is 1. The predicted molar refractivity (Wildman–Crippen MR) is 147 cm³/mol. The fourth-order valence-electron chi connectivity index (χ4n) is 4.61. The zero-order valence-electron chi connectivity index (χ0n) is 21.4. The minimum atomic E-state index is -0.500. The lowest BCUT2D eigenvalue weighted by molar-refractivity contribution is 0.0240. The second kappa shape index (κ2) is 9.59. The number of fused-ring (bicyclic) bond motifs is 1. The first-order valence-electron chi connectivity index (χ1n) is 12.3. The lowest BCUT2D eigenvalue weighted by Crippen LogP contribution is -2.50. The van der Waals surface area contributed by atoms with Crippen molar-refractivity contribution >= 4 is 34.3 Å². The fraction of sp³-hybridized carbons (Fsp3) is 0.321. The Kier molecular flexibility index (Phi) is 6.45. The smallest absolute Gasteiger partial charge is 0.410 e. The van der Waals surface area contributed by atoms with Gasteiger partial charge in [-0.1, -0.05) is 23.7 Å². The molecule has 1 saturated heterocycles. The van der Waals surface area contributed by atoms with Gasteiger partial charge in [0.1, 0.15) is 5.60 Å². The number of amides is 1. The van der Waals surface area contributed by atoms with Gasteiger partial charge in [0, 0.05) is 54.3 Å². The van der Waals surface area contributed by atoms with Gasteiger partial charge < -0.3 is 14.5 Å². The maximum Gasteiger partial charge on any atom is 0.410 e. The molecule has 4 aromatic rings. The Hall–Kier alpha value is -3.78. The van der Waals surface area contributed by atoms with Crippen molar-refractivity contribution in [3.63, 3.8) is 0 Å². The number of nitrogens with zero attached hydrogens (tertiary/aromatic N) is 4. The maximum absolute atomic E-state index is 13.1. The SMILES string of the molecule is Cc1ncc2c(=O)n(-c3ccc(Cl)cc3)[nH]c2c1-c1ccc(N2CCN(C(=O)OC(C)(C)C)CC2)cc1. The number of benzene rings is 2. The average Bonchev–Trinajstić information content (AvgIpc) is 3.20. The van der Waals surface area contributed by atoms with E-state index in [0.29, 0.717) is 29.2 Å². The van der Waals surface area contributed by atoms with Gasteiger partial charge in [-0.05, 0) is 69.7 Å². The van der Waals surface area contributed by atoms with Crippen molar-refractivity contribution in [1.29, 1.82) is 0 Å². The molecular weight excluding hydrogens is 490 g/mol. The molecular formula is C28H30ClN5O3. The summed E-state index contributed by atoms with van der Waals surface area (Å²) in [6.45, 7) is 10.2. The molecule has 0 atom stereocenters. The van der Waals surface area contributed by atoms with Crippen molar-refractivity contribution in [2.24, 2.45) is 0 Å². The van der Waals surface area contributed by atoms with Gasteiger partial charge in [-0.15, -0.1) is 0 Å². The van der Waals surface area contributed by atoms with Gasteiger partial charge in [-0.25, -0.2) is 9.48 Å². The Balaban J connectivity index is 1.39. The molecule has 2 aromatic carbocycles. The largest absolute Gasteiger partial charge is 0.444 e. The number of anilines is 1. The second-order valence-electron chi connectivity index (χ2n) is 10.2. The maximum atomic E-state index is 13.1. The van der Waals surface area contributed by atoms with E-state index in [1.165, 1.54) is 4.68 Å². The number of piperazine rings is 1. The molecule has 9 heteroatoms. The van der Waals surface area contributed by atoms with Crippen LogP contribution in [0.1, 0.15) is 26.5 Å². The molecule has 0 saturated carbocycles. The van der Waals surface area contributed by atoms with Crippen LogP contribution in [-0.4, -0.2) is 57.5 Å². The van der Waals surface area contributed by atoms with Gasteiger partial charge in [0.15, 0.2) is 0 Å². The van der Waals surface area contributed by atoms with Gasteiger partial charge in [-0.2, -0.15) is 0 Å². The van der Waals surface area contributed by atoms with Crippen LogP contribution in [0.3, 0.4) is 0 Å². The van der Waals surface area contributed by atoms with E-state index in [9.17, 15) is 9.59 Å². The first-order valence-corrected chi connectivity index (χ1v) is 12.7. The number of H-pyrrole nitrogens is 1. The molecule has 8 nitrogen and oxygen atoms in total. The molecule has 1 N–H and O–H groups in total. The predicted octanol–water partition coefficient (Wildman–Crippen LogP) is 5.40. The van der Waals surface area contributed by atoms with Gasteiger partial charge in [0.25, 0.3) is 5.56 Å². The number of pyridine rings is 1. The summed E-state index contributed by atoms with van der Waals surface area (Å²) < 4.78 is 7.02. The Morgan fingerprint density at radius 2 is 1.59 bits per heavy atom.